The van der Waals surface area contributed by atoms with Crippen molar-refractivity contribution in [2.75, 3.05) is 31.5 Å². The number of nitrogens with one attached hydrogen (secondary N) is 1. The number of ether oxygens (including phenoxy) is 1. The average Bonchev–Trinajstić information content (AvgIpc) is 2.89. The predicted molar refractivity (Wildman–Crippen MR) is 132 cm³/mol. The molecular weight excluding hydrogens is 443 g/mol. The monoisotopic (exact) mass is 473 g/mol. The van der Waals surface area contributed by atoms with Crippen molar-refractivity contribution in [2.24, 2.45) is 5.92 Å². The van der Waals surface area contributed by atoms with Crippen LogP contribution in [-0.2, 0) is 9.53 Å². The van der Waals surface area contributed by atoms with Crippen molar-refractivity contribution in [3.63, 3.8) is 0 Å². The molecule has 0 aromatic heterocycles. The zero-order valence-corrected chi connectivity index (χ0v) is 19.6. The Hall–Kier alpha value is -3.51. The van der Waals surface area contributed by atoms with Gasteiger partial charge in [-0.1, -0.05) is 48.5 Å². The third-order valence-electron chi connectivity index (χ3n) is 7.41. The lowest BCUT2D eigenvalue weighted by molar-refractivity contribution is -0.938. The Labute approximate surface area is 205 Å². The van der Waals surface area contributed by atoms with Crippen molar-refractivity contribution in [3.05, 3.63) is 102 Å². The molecular formula is C29H30FN2O3+. The lowest BCUT2D eigenvalue weighted by atomic mass is 9.82. The summed E-state index contributed by atoms with van der Waals surface area (Å²) in [5.41, 5.74) is 2.22. The van der Waals surface area contributed by atoms with Gasteiger partial charge >= 0.3 is 5.97 Å². The number of hydrogen-bond donors (Lipinski definition) is 1. The van der Waals surface area contributed by atoms with E-state index in [4.69, 9.17) is 4.74 Å². The number of carbonyl (C=O) groups is 2. The maximum Gasteiger partial charge on any atom is 0.333 e. The molecule has 0 radical (unpaired) electrons. The average molecular weight is 474 g/mol. The molecule has 3 fully saturated rings. The van der Waals surface area contributed by atoms with Gasteiger partial charge in [-0.3, -0.25) is 4.79 Å². The highest BCUT2D eigenvalue weighted by molar-refractivity contribution is 5.97. The third-order valence-corrected chi connectivity index (χ3v) is 7.41. The minimum atomic E-state index is -0.622. The number of nitrogens with zero attached hydrogens (tertiary/aromatic N) is 1. The van der Waals surface area contributed by atoms with Crippen molar-refractivity contribution in [2.45, 2.75) is 25.0 Å². The highest BCUT2D eigenvalue weighted by Crippen LogP contribution is 2.36. The summed E-state index contributed by atoms with van der Waals surface area (Å²) in [5.74, 6) is -0.338. The number of piperidine rings is 3. The number of esters is 1. The van der Waals surface area contributed by atoms with Gasteiger partial charge in [0.2, 0.25) is 5.78 Å². The van der Waals surface area contributed by atoms with Crippen molar-refractivity contribution in [3.8, 4) is 0 Å². The number of rotatable bonds is 8. The van der Waals surface area contributed by atoms with Crippen molar-refractivity contribution in [1.29, 1.82) is 0 Å². The number of para-hydroxylation sites is 1. The molecule has 0 aliphatic carbocycles. The van der Waals surface area contributed by atoms with E-state index in [1.54, 1.807) is 12.1 Å². The summed E-state index contributed by atoms with van der Waals surface area (Å²) in [6, 6.07) is 24.4. The fourth-order valence-electron chi connectivity index (χ4n) is 5.45. The standard InChI is InChI=1S/C29H30FN2O3/c30-24-13-11-21(12-14-24)26(33)19-32-17-15-22(16-18-32)27(20-32)35-29(34)28(23-7-3-1-4-8-23)31-25-9-5-2-6-10-25/h1-14,22,27-28,31H,15-20H2/q+1/t22?,27-,28?,32?/m0/s1. The number of fused-ring (bicyclic) bond motifs is 3. The van der Waals surface area contributed by atoms with Crippen LogP contribution in [0, 0.1) is 11.7 Å². The van der Waals surface area contributed by atoms with Crippen LogP contribution in [0.4, 0.5) is 10.1 Å². The molecule has 3 aliphatic rings. The van der Waals surface area contributed by atoms with Gasteiger partial charge in [0, 0.05) is 30.0 Å². The van der Waals surface area contributed by atoms with E-state index in [0.717, 1.165) is 37.2 Å². The van der Waals surface area contributed by atoms with Crippen molar-refractivity contribution in [1.82, 2.24) is 0 Å². The maximum atomic E-state index is 13.5. The first-order chi connectivity index (χ1) is 17.0. The molecule has 0 amide bonds. The molecule has 1 N–H and O–H groups in total. The molecule has 5 nitrogen and oxygen atoms in total. The third kappa shape index (κ3) is 5.28. The molecule has 180 valence electrons. The van der Waals surface area contributed by atoms with Gasteiger partial charge in [0.25, 0.3) is 0 Å². The van der Waals surface area contributed by atoms with Crippen LogP contribution in [0.1, 0.15) is 34.8 Å². The van der Waals surface area contributed by atoms with Gasteiger partial charge in [0.1, 0.15) is 18.9 Å². The molecule has 0 spiro atoms. The molecule has 2 bridgehead atoms. The van der Waals surface area contributed by atoms with Gasteiger partial charge in [-0.15, -0.1) is 0 Å². The van der Waals surface area contributed by atoms with E-state index in [1.165, 1.54) is 12.1 Å². The predicted octanol–water partition coefficient (Wildman–Crippen LogP) is 5.01. The van der Waals surface area contributed by atoms with Crippen LogP contribution in [0.25, 0.3) is 0 Å². The van der Waals surface area contributed by atoms with Crippen LogP contribution >= 0.6 is 0 Å². The van der Waals surface area contributed by atoms with Crippen LogP contribution in [0.15, 0.2) is 84.9 Å². The first-order valence-corrected chi connectivity index (χ1v) is 12.2. The number of carbonyl (C=O) groups excluding carboxylic acids is 2. The van der Waals surface area contributed by atoms with E-state index in [0.29, 0.717) is 29.1 Å². The molecule has 3 heterocycles. The number of hydrogen-bond acceptors (Lipinski definition) is 4. The van der Waals surface area contributed by atoms with Crippen molar-refractivity contribution >= 4 is 17.4 Å². The zero-order valence-electron chi connectivity index (χ0n) is 19.6. The van der Waals surface area contributed by atoms with Crippen LogP contribution in [0.3, 0.4) is 0 Å². The van der Waals surface area contributed by atoms with Gasteiger partial charge in [-0.25, -0.2) is 9.18 Å². The number of anilines is 1. The van der Waals surface area contributed by atoms with E-state index in [2.05, 4.69) is 5.32 Å². The second-order valence-corrected chi connectivity index (χ2v) is 9.73. The van der Waals surface area contributed by atoms with Crippen molar-refractivity contribution < 1.29 is 23.2 Å². The van der Waals surface area contributed by atoms with Gasteiger partial charge in [0.05, 0.1) is 13.1 Å². The summed E-state index contributed by atoms with van der Waals surface area (Å²) >= 11 is 0. The van der Waals surface area contributed by atoms with E-state index in [1.807, 2.05) is 60.7 Å². The number of ketones is 1. The fourth-order valence-corrected chi connectivity index (χ4v) is 5.45. The highest BCUT2D eigenvalue weighted by Gasteiger charge is 2.49. The van der Waals surface area contributed by atoms with Gasteiger partial charge in [-0.05, 0) is 42.0 Å². The molecule has 6 rings (SSSR count). The van der Waals surface area contributed by atoms with Gasteiger partial charge in [0.15, 0.2) is 12.1 Å². The molecule has 0 saturated carbocycles. The van der Waals surface area contributed by atoms with Crippen LogP contribution in [-0.4, -0.2) is 48.5 Å². The molecule has 1 unspecified atom stereocenters. The number of benzene rings is 3. The molecule has 6 heteroatoms. The minimum Gasteiger partial charge on any atom is -0.454 e. The Bertz CT molecular complexity index is 1160. The Kier molecular flexibility index (Phi) is 6.64. The number of quaternary nitrogens is 1. The second-order valence-electron chi connectivity index (χ2n) is 9.73. The van der Waals surface area contributed by atoms with E-state index >= 15 is 0 Å². The summed E-state index contributed by atoms with van der Waals surface area (Å²) in [6.45, 7) is 2.78. The Morgan fingerprint density at radius 1 is 0.914 bits per heavy atom. The summed E-state index contributed by atoms with van der Waals surface area (Å²) in [6.07, 6.45) is 1.63. The SMILES string of the molecule is O=C(C[N+]12CCC(CC1)[C@@H](OC(=O)C(Nc1ccccc1)c1ccccc1)C2)c1ccc(F)cc1. The second kappa shape index (κ2) is 10.0. The first kappa shape index (κ1) is 23.2. The maximum absolute atomic E-state index is 13.5. The summed E-state index contributed by atoms with van der Waals surface area (Å²) in [7, 11) is 0. The zero-order chi connectivity index (χ0) is 24.3. The minimum absolute atomic E-state index is 0.00309. The molecule has 3 aromatic carbocycles. The summed E-state index contributed by atoms with van der Waals surface area (Å²) in [4.78, 5) is 26.5. The largest absolute Gasteiger partial charge is 0.454 e. The number of Topliss-reactive ketones (excluding diaryl/α,β-unsaturated/α-hetero) is 1. The highest BCUT2D eigenvalue weighted by atomic mass is 19.1. The Morgan fingerprint density at radius 2 is 1.54 bits per heavy atom. The molecule has 3 saturated heterocycles. The fraction of sp³-hybridized carbons (Fsp3) is 0.310. The summed E-state index contributed by atoms with van der Waals surface area (Å²) in [5, 5.41) is 3.33. The number of halogens is 1. The quantitative estimate of drug-likeness (QED) is 0.284. The van der Waals surface area contributed by atoms with E-state index in [9.17, 15) is 14.0 Å². The Morgan fingerprint density at radius 3 is 2.20 bits per heavy atom. The molecule has 3 aliphatic heterocycles. The first-order valence-electron chi connectivity index (χ1n) is 12.2. The lowest BCUT2D eigenvalue weighted by Gasteiger charge is -2.51. The van der Waals surface area contributed by atoms with E-state index in [-0.39, 0.29) is 23.7 Å². The smallest absolute Gasteiger partial charge is 0.333 e. The summed E-state index contributed by atoms with van der Waals surface area (Å²) < 4.78 is 20.1. The lowest BCUT2D eigenvalue weighted by Crippen LogP contribution is -2.65. The Balaban J connectivity index is 1.30. The van der Waals surface area contributed by atoms with Gasteiger partial charge in [-0.2, -0.15) is 0 Å². The van der Waals surface area contributed by atoms with E-state index < -0.39 is 6.04 Å². The van der Waals surface area contributed by atoms with Gasteiger partial charge < -0.3 is 14.5 Å². The normalized spacial score (nSPS) is 23.9. The molecule has 3 aromatic rings. The van der Waals surface area contributed by atoms with Crippen LogP contribution < -0.4 is 5.32 Å². The molecule has 2 atom stereocenters. The van der Waals surface area contributed by atoms with Crippen LogP contribution in [0.2, 0.25) is 0 Å². The molecule has 35 heavy (non-hydrogen) atoms. The topological polar surface area (TPSA) is 55.4 Å². The van der Waals surface area contributed by atoms with Crippen LogP contribution in [0.5, 0.6) is 0 Å².